The Bertz CT molecular complexity index is 1420. The molecule has 9 heteroatoms. The average Bonchev–Trinajstić information content (AvgIpc) is 3.02. The van der Waals surface area contributed by atoms with Crippen LogP contribution in [0.2, 0.25) is 0 Å². The van der Waals surface area contributed by atoms with Crippen LogP contribution in [-0.2, 0) is 20.6 Å². The molecule has 0 aliphatic heterocycles. The van der Waals surface area contributed by atoms with E-state index in [0.29, 0.717) is 17.9 Å². The zero-order valence-electron chi connectivity index (χ0n) is 15.8. The van der Waals surface area contributed by atoms with Crippen LogP contribution >= 0.6 is 0 Å². The molecule has 1 aromatic carbocycles. The third-order valence-corrected chi connectivity index (χ3v) is 4.76. The molecule has 0 unspecified atom stereocenters. The highest BCUT2D eigenvalue weighted by atomic mass is 16.5. The number of aryl methyl sites for hydroxylation is 3. The van der Waals surface area contributed by atoms with Crippen LogP contribution in [0.4, 0.5) is 0 Å². The molecule has 28 heavy (non-hydrogen) atoms. The molecule has 0 bridgehead atoms. The largest absolute Gasteiger partial charge is 0.425 e. The summed E-state index contributed by atoms with van der Waals surface area (Å²) in [6, 6.07) is 6.71. The zero-order valence-corrected chi connectivity index (χ0v) is 15.8. The van der Waals surface area contributed by atoms with Crippen molar-refractivity contribution in [3.05, 3.63) is 61.1 Å². The van der Waals surface area contributed by atoms with Crippen molar-refractivity contribution >= 4 is 22.1 Å². The summed E-state index contributed by atoms with van der Waals surface area (Å²) < 4.78 is 15.1. The Morgan fingerprint density at radius 2 is 1.86 bits per heavy atom. The summed E-state index contributed by atoms with van der Waals surface area (Å²) in [4.78, 5) is 40.7. The molecular formula is C19H18N4O5. The van der Waals surface area contributed by atoms with Gasteiger partial charge in [0.1, 0.15) is 11.3 Å². The predicted molar refractivity (Wildman–Crippen MR) is 103 cm³/mol. The van der Waals surface area contributed by atoms with Crippen molar-refractivity contribution in [2.75, 3.05) is 0 Å². The summed E-state index contributed by atoms with van der Waals surface area (Å²) >= 11 is 0. The number of benzene rings is 1. The van der Waals surface area contributed by atoms with Gasteiger partial charge in [0.05, 0.1) is 0 Å². The summed E-state index contributed by atoms with van der Waals surface area (Å²) in [6.45, 7) is 4.09. The highest BCUT2D eigenvalue weighted by Crippen LogP contribution is 2.27. The van der Waals surface area contributed by atoms with Gasteiger partial charge in [-0.1, -0.05) is 0 Å². The number of fused-ring (bicyclic) bond motifs is 2. The van der Waals surface area contributed by atoms with Gasteiger partial charge in [0, 0.05) is 38.2 Å². The molecule has 144 valence electrons. The zero-order chi connectivity index (χ0) is 20.2. The molecule has 4 rings (SSSR count). The van der Waals surface area contributed by atoms with Crippen molar-refractivity contribution in [1.29, 1.82) is 0 Å². The molecule has 0 spiro atoms. The summed E-state index contributed by atoms with van der Waals surface area (Å²) in [5.74, 6) is 0.396. The van der Waals surface area contributed by atoms with Crippen molar-refractivity contribution < 1.29 is 9.15 Å². The topological polar surface area (TPSA) is 101 Å². The van der Waals surface area contributed by atoms with Gasteiger partial charge in [-0.3, -0.25) is 18.5 Å². The van der Waals surface area contributed by atoms with Gasteiger partial charge >= 0.3 is 17.3 Å². The lowest BCUT2D eigenvalue weighted by atomic mass is 10.1. The molecule has 0 saturated heterocycles. The molecule has 0 amide bonds. The van der Waals surface area contributed by atoms with Crippen molar-refractivity contribution in [3.8, 4) is 11.8 Å². The lowest BCUT2D eigenvalue weighted by Crippen LogP contribution is -2.37. The first-order chi connectivity index (χ1) is 13.3. The Labute approximate surface area is 158 Å². The Morgan fingerprint density at radius 1 is 1.11 bits per heavy atom. The van der Waals surface area contributed by atoms with E-state index < -0.39 is 16.9 Å². The summed E-state index contributed by atoms with van der Waals surface area (Å²) in [5.41, 5.74) is 0.372. The number of ether oxygens (including phenoxy) is 1. The van der Waals surface area contributed by atoms with E-state index in [-0.39, 0.29) is 17.2 Å². The molecule has 4 aromatic rings. The number of imidazole rings is 1. The molecule has 0 N–H and O–H groups in total. The van der Waals surface area contributed by atoms with E-state index in [1.54, 1.807) is 29.8 Å². The van der Waals surface area contributed by atoms with Gasteiger partial charge in [0.2, 0.25) is 0 Å². The molecule has 9 nitrogen and oxygen atoms in total. The molecule has 0 radical (unpaired) electrons. The smallest absolute Gasteiger partial charge is 0.336 e. The van der Waals surface area contributed by atoms with Crippen LogP contribution in [0.25, 0.3) is 22.1 Å². The first kappa shape index (κ1) is 17.8. The van der Waals surface area contributed by atoms with Crippen LogP contribution in [0.3, 0.4) is 0 Å². The van der Waals surface area contributed by atoms with Crippen LogP contribution in [0.15, 0.2) is 43.1 Å². The number of nitrogens with zero attached hydrogens (tertiary/aromatic N) is 4. The number of rotatable bonds is 3. The minimum atomic E-state index is -0.465. The summed E-state index contributed by atoms with van der Waals surface area (Å²) in [7, 11) is 2.97. The van der Waals surface area contributed by atoms with Gasteiger partial charge in [-0.15, -0.1) is 0 Å². The second-order valence-corrected chi connectivity index (χ2v) is 6.53. The van der Waals surface area contributed by atoms with E-state index in [0.717, 1.165) is 15.5 Å². The average molecular weight is 382 g/mol. The Balaban J connectivity index is 1.91. The second-order valence-electron chi connectivity index (χ2n) is 6.53. The van der Waals surface area contributed by atoms with E-state index in [1.807, 2.05) is 13.8 Å². The fourth-order valence-corrected chi connectivity index (χ4v) is 3.27. The summed E-state index contributed by atoms with van der Waals surface area (Å²) in [5, 5.41) is 0.798. The van der Waals surface area contributed by atoms with E-state index in [9.17, 15) is 14.4 Å². The van der Waals surface area contributed by atoms with E-state index in [4.69, 9.17) is 9.15 Å². The number of aromatic nitrogens is 4. The van der Waals surface area contributed by atoms with Crippen LogP contribution in [-0.4, -0.2) is 18.7 Å². The van der Waals surface area contributed by atoms with Gasteiger partial charge < -0.3 is 9.15 Å². The number of hydrogen-bond donors (Lipinski definition) is 0. The number of hydrogen-bond acceptors (Lipinski definition) is 6. The van der Waals surface area contributed by atoms with Gasteiger partial charge in [0.25, 0.3) is 5.56 Å². The predicted octanol–water partition coefficient (Wildman–Crippen LogP) is 1.66. The molecule has 0 aliphatic carbocycles. The molecule has 3 heterocycles. The van der Waals surface area contributed by atoms with E-state index >= 15 is 0 Å². The maximum absolute atomic E-state index is 12.6. The van der Waals surface area contributed by atoms with E-state index in [2.05, 4.69) is 4.98 Å². The molecular weight excluding hydrogens is 364 g/mol. The fraction of sp³-hybridized carbons (Fsp3) is 0.263. The molecule has 0 fully saturated rings. The minimum absolute atomic E-state index is 0.171. The van der Waals surface area contributed by atoms with Crippen LogP contribution in [0, 0.1) is 6.92 Å². The van der Waals surface area contributed by atoms with Crippen LogP contribution < -0.4 is 21.6 Å². The third-order valence-electron chi connectivity index (χ3n) is 4.76. The highest BCUT2D eigenvalue weighted by molar-refractivity contribution is 5.81. The normalized spacial score (nSPS) is 11.4. The quantitative estimate of drug-likeness (QED) is 0.500. The van der Waals surface area contributed by atoms with E-state index in [1.165, 1.54) is 17.7 Å². The Morgan fingerprint density at radius 3 is 2.57 bits per heavy atom. The van der Waals surface area contributed by atoms with Crippen molar-refractivity contribution in [2.24, 2.45) is 14.1 Å². The lowest BCUT2D eigenvalue weighted by Gasteiger charge is -2.08. The molecule has 0 saturated carbocycles. The second kappa shape index (κ2) is 6.22. The lowest BCUT2D eigenvalue weighted by molar-refractivity contribution is 0.418. The van der Waals surface area contributed by atoms with Gasteiger partial charge in [-0.2, -0.15) is 4.98 Å². The standard InChI is InChI=1S/C19H18N4O5/c1-5-23-15-16(21(3)19(26)22(4)17(15)25)20-18(23)27-11-6-7-12-10(2)8-14(24)28-13(12)9-11/h6-9H,5H2,1-4H3. The Hall–Kier alpha value is -3.62. The van der Waals surface area contributed by atoms with Gasteiger partial charge in [-0.05, 0) is 31.5 Å². The SMILES string of the molecule is CCn1c(Oc2ccc3c(C)cc(=O)oc3c2)nc2c1c(=O)n(C)c(=O)n2C. The van der Waals surface area contributed by atoms with Crippen LogP contribution in [0.5, 0.6) is 11.8 Å². The first-order valence-electron chi connectivity index (χ1n) is 8.70. The molecule has 0 aliphatic rings. The highest BCUT2D eigenvalue weighted by Gasteiger charge is 2.19. The first-order valence-corrected chi connectivity index (χ1v) is 8.70. The van der Waals surface area contributed by atoms with Crippen molar-refractivity contribution in [3.63, 3.8) is 0 Å². The molecule has 3 aromatic heterocycles. The maximum Gasteiger partial charge on any atom is 0.336 e. The van der Waals surface area contributed by atoms with Crippen molar-refractivity contribution in [2.45, 2.75) is 20.4 Å². The van der Waals surface area contributed by atoms with Gasteiger partial charge in [0.15, 0.2) is 11.2 Å². The van der Waals surface area contributed by atoms with Gasteiger partial charge in [-0.25, -0.2) is 9.59 Å². The third kappa shape index (κ3) is 2.55. The monoisotopic (exact) mass is 382 g/mol. The molecule has 0 atom stereocenters. The Kier molecular flexibility index (Phi) is 3.95. The maximum atomic E-state index is 12.6. The minimum Gasteiger partial charge on any atom is -0.425 e. The summed E-state index contributed by atoms with van der Waals surface area (Å²) in [6.07, 6.45) is 0. The van der Waals surface area contributed by atoms with Crippen molar-refractivity contribution in [1.82, 2.24) is 18.7 Å². The fourth-order valence-electron chi connectivity index (χ4n) is 3.27. The van der Waals surface area contributed by atoms with Crippen LogP contribution in [0.1, 0.15) is 12.5 Å².